The van der Waals surface area contributed by atoms with Gasteiger partial charge in [-0.25, -0.2) is 4.79 Å². The number of aliphatic carboxylic acids is 1. The Balaban J connectivity index is 1.63. The smallest absolute Gasteiger partial charge is 0.352 e. The number of hydrogen-bond donors (Lipinski definition) is 2. The topological polar surface area (TPSA) is 75.6 Å². The van der Waals surface area contributed by atoms with E-state index in [0.717, 1.165) is 14.9 Å². The Morgan fingerprint density at radius 2 is 1.60 bits per heavy atom. The Morgan fingerprint density at radius 3 is 2.27 bits per heavy atom. The molecule has 0 aromatic heterocycles. The van der Waals surface area contributed by atoms with Gasteiger partial charge in [-0.05, 0) is 70.5 Å². The van der Waals surface area contributed by atoms with Crippen molar-refractivity contribution in [3.63, 3.8) is 0 Å². The molecule has 0 unspecified atom stereocenters. The molecule has 3 aromatic rings. The van der Waals surface area contributed by atoms with Crippen LogP contribution in [0.3, 0.4) is 0 Å². The average Bonchev–Trinajstić information content (AvgIpc) is 2.75. The van der Waals surface area contributed by atoms with Gasteiger partial charge >= 0.3 is 5.97 Å². The number of carboxylic acid groups (broad SMARTS) is 1. The minimum absolute atomic E-state index is 0.167. The summed E-state index contributed by atoms with van der Waals surface area (Å²) in [5.74, 6) is -0.147. The molecule has 0 spiro atoms. The molecule has 152 valence electrons. The van der Waals surface area contributed by atoms with E-state index in [2.05, 4.69) is 27.9 Å². The van der Waals surface area contributed by atoms with Gasteiger partial charge in [-0.3, -0.25) is 4.79 Å². The Bertz CT molecular complexity index is 1050. The largest absolute Gasteiger partial charge is 0.477 e. The molecule has 0 atom stereocenters. The molecule has 30 heavy (non-hydrogen) atoms. The quantitative estimate of drug-likeness (QED) is 0.319. The van der Waals surface area contributed by atoms with Crippen molar-refractivity contribution >= 4 is 40.5 Å². The maximum Gasteiger partial charge on any atom is 0.352 e. The molecule has 0 fully saturated rings. The molecule has 0 aliphatic heterocycles. The van der Waals surface area contributed by atoms with E-state index in [9.17, 15) is 14.7 Å². The maximum absolute atomic E-state index is 12.2. The number of carboxylic acids is 1. The minimum atomic E-state index is -1.19. The van der Waals surface area contributed by atoms with E-state index in [1.165, 1.54) is 6.08 Å². The van der Waals surface area contributed by atoms with Gasteiger partial charge in [-0.1, -0.05) is 54.6 Å². The number of nitrogens with one attached hydrogen (secondary N) is 1. The number of rotatable bonds is 8. The Morgan fingerprint density at radius 1 is 0.933 bits per heavy atom. The van der Waals surface area contributed by atoms with Crippen LogP contribution in [0.2, 0.25) is 0 Å². The fourth-order valence-electron chi connectivity index (χ4n) is 2.72. The van der Waals surface area contributed by atoms with E-state index in [1.54, 1.807) is 24.3 Å². The molecule has 3 aromatic carbocycles. The normalized spacial score (nSPS) is 11.0. The van der Waals surface area contributed by atoms with Crippen LogP contribution in [-0.2, 0) is 16.0 Å². The summed E-state index contributed by atoms with van der Waals surface area (Å²) in [5.41, 5.74) is 1.50. The van der Waals surface area contributed by atoms with Crippen LogP contribution in [0.1, 0.15) is 17.5 Å². The number of para-hydroxylation sites is 1. The number of aryl methyl sites for hydroxylation is 1. The molecular formula is C24H20INO4. The summed E-state index contributed by atoms with van der Waals surface area (Å²) >= 11 is 2.20. The van der Waals surface area contributed by atoms with Gasteiger partial charge in [0.1, 0.15) is 17.2 Å². The summed E-state index contributed by atoms with van der Waals surface area (Å²) in [6.45, 7) is 0. The third-order valence-electron chi connectivity index (χ3n) is 4.24. The summed E-state index contributed by atoms with van der Waals surface area (Å²) in [6.07, 6.45) is 2.18. The third kappa shape index (κ3) is 6.45. The van der Waals surface area contributed by atoms with E-state index >= 15 is 0 Å². The molecule has 0 aliphatic carbocycles. The first-order valence-corrected chi connectivity index (χ1v) is 10.4. The Labute approximate surface area is 188 Å². The lowest BCUT2D eigenvalue weighted by Crippen LogP contribution is -2.27. The summed E-state index contributed by atoms with van der Waals surface area (Å²) in [6, 6.07) is 24.2. The Hall–Kier alpha value is -3.13. The van der Waals surface area contributed by atoms with Crippen LogP contribution in [0.5, 0.6) is 11.5 Å². The zero-order valence-corrected chi connectivity index (χ0v) is 18.2. The van der Waals surface area contributed by atoms with Crippen molar-refractivity contribution in [2.75, 3.05) is 0 Å². The molecule has 0 saturated carbocycles. The zero-order valence-electron chi connectivity index (χ0n) is 16.0. The second kappa shape index (κ2) is 10.6. The van der Waals surface area contributed by atoms with Gasteiger partial charge in [0, 0.05) is 6.42 Å². The molecule has 3 rings (SSSR count). The molecule has 0 bridgehead atoms. The van der Waals surface area contributed by atoms with Gasteiger partial charge in [-0.2, -0.15) is 0 Å². The third-order valence-corrected chi connectivity index (χ3v) is 5.13. The first-order valence-electron chi connectivity index (χ1n) is 9.32. The van der Waals surface area contributed by atoms with E-state index in [4.69, 9.17) is 4.74 Å². The first kappa shape index (κ1) is 21.6. The van der Waals surface area contributed by atoms with Gasteiger partial charge in [0.15, 0.2) is 0 Å². The SMILES string of the molecule is O=C(CCc1ccccc1)NC(=Cc1ccc(Oc2ccccc2I)cc1)C(=O)O. The van der Waals surface area contributed by atoms with Crippen LogP contribution >= 0.6 is 22.6 Å². The minimum Gasteiger partial charge on any atom is -0.477 e. The number of benzene rings is 3. The highest BCUT2D eigenvalue weighted by molar-refractivity contribution is 14.1. The second-order valence-electron chi connectivity index (χ2n) is 6.50. The van der Waals surface area contributed by atoms with Crippen molar-refractivity contribution in [3.8, 4) is 11.5 Å². The molecule has 0 saturated heterocycles. The number of ether oxygens (including phenoxy) is 1. The molecule has 1 amide bonds. The van der Waals surface area contributed by atoms with Crippen LogP contribution in [0, 0.1) is 3.57 Å². The maximum atomic E-state index is 12.2. The van der Waals surface area contributed by atoms with Crippen LogP contribution in [0.25, 0.3) is 6.08 Å². The molecule has 5 nitrogen and oxygen atoms in total. The van der Waals surface area contributed by atoms with Gasteiger partial charge in [0.2, 0.25) is 5.91 Å². The van der Waals surface area contributed by atoms with Crippen molar-refractivity contribution in [1.82, 2.24) is 5.32 Å². The van der Waals surface area contributed by atoms with Crippen molar-refractivity contribution in [2.45, 2.75) is 12.8 Å². The highest BCUT2D eigenvalue weighted by Crippen LogP contribution is 2.26. The summed E-state index contributed by atoms with van der Waals surface area (Å²) in [7, 11) is 0. The molecule has 6 heteroatoms. The fourth-order valence-corrected chi connectivity index (χ4v) is 3.22. The van der Waals surface area contributed by atoms with Crippen LogP contribution < -0.4 is 10.1 Å². The van der Waals surface area contributed by atoms with Crippen LogP contribution in [-0.4, -0.2) is 17.0 Å². The summed E-state index contributed by atoms with van der Waals surface area (Å²) in [5, 5.41) is 11.9. The number of carbonyl (C=O) groups is 2. The average molecular weight is 513 g/mol. The highest BCUT2D eigenvalue weighted by atomic mass is 127. The predicted octanol–water partition coefficient (Wildman–Crippen LogP) is 5.26. The number of carbonyl (C=O) groups excluding carboxylic acids is 1. The van der Waals surface area contributed by atoms with Gasteiger partial charge in [-0.15, -0.1) is 0 Å². The summed E-state index contributed by atoms with van der Waals surface area (Å²) < 4.78 is 6.83. The molecule has 0 aliphatic rings. The standard InChI is InChI=1S/C24H20INO4/c25-20-8-4-5-9-22(20)30-19-13-10-18(11-14-19)16-21(24(28)29)26-23(27)15-12-17-6-2-1-3-7-17/h1-11,13-14,16H,12,15H2,(H,26,27)(H,28,29). The number of halogens is 1. The fraction of sp³-hybridized carbons (Fsp3) is 0.0833. The number of amides is 1. The summed E-state index contributed by atoms with van der Waals surface area (Å²) in [4.78, 5) is 23.7. The van der Waals surface area contributed by atoms with Crippen molar-refractivity contribution in [2.24, 2.45) is 0 Å². The van der Waals surface area contributed by atoms with Crippen molar-refractivity contribution in [3.05, 3.63) is 99.3 Å². The lowest BCUT2D eigenvalue weighted by atomic mass is 10.1. The number of hydrogen-bond acceptors (Lipinski definition) is 3. The Kier molecular flexibility index (Phi) is 7.62. The highest BCUT2D eigenvalue weighted by Gasteiger charge is 2.12. The van der Waals surface area contributed by atoms with E-state index in [1.807, 2.05) is 54.6 Å². The van der Waals surface area contributed by atoms with Crippen LogP contribution in [0.4, 0.5) is 0 Å². The predicted molar refractivity (Wildman–Crippen MR) is 124 cm³/mol. The van der Waals surface area contributed by atoms with E-state index in [0.29, 0.717) is 17.7 Å². The first-order chi connectivity index (χ1) is 14.5. The van der Waals surface area contributed by atoms with Gasteiger partial charge < -0.3 is 15.2 Å². The van der Waals surface area contributed by atoms with Crippen molar-refractivity contribution in [1.29, 1.82) is 0 Å². The molecule has 2 N–H and O–H groups in total. The van der Waals surface area contributed by atoms with E-state index < -0.39 is 5.97 Å². The van der Waals surface area contributed by atoms with Gasteiger partial charge in [0.05, 0.1) is 3.57 Å². The second-order valence-corrected chi connectivity index (χ2v) is 7.66. The lowest BCUT2D eigenvalue weighted by molar-refractivity contribution is -0.134. The van der Waals surface area contributed by atoms with E-state index in [-0.39, 0.29) is 18.0 Å². The molecular weight excluding hydrogens is 493 g/mol. The van der Waals surface area contributed by atoms with Gasteiger partial charge in [0.25, 0.3) is 0 Å². The monoisotopic (exact) mass is 513 g/mol. The lowest BCUT2D eigenvalue weighted by Gasteiger charge is -2.09. The zero-order chi connectivity index (χ0) is 21.3. The van der Waals surface area contributed by atoms with Crippen LogP contribution in [0.15, 0.2) is 84.6 Å². The molecule has 0 heterocycles. The van der Waals surface area contributed by atoms with Crippen molar-refractivity contribution < 1.29 is 19.4 Å². The molecule has 0 radical (unpaired) electrons.